The summed E-state index contributed by atoms with van der Waals surface area (Å²) in [5.74, 6) is 1.77. The van der Waals surface area contributed by atoms with E-state index in [9.17, 15) is 0 Å². The van der Waals surface area contributed by atoms with Crippen LogP contribution >= 0.6 is 0 Å². The molecule has 5 heteroatoms. The molecule has 0 spiro atoms. The van der Waals surface area contributed by atoms with Crippen LogP contribution in [0.25, 0.3) is 11.6 Å². The predicted octanol–water partition coefficient (Wildman–Crippen LogP) is 3.60. The monoisotopic (exact) mass is 283 g/mol. The van der Waals surface area contributed by atoms with Gasteiger partial charge in [-0.15, -0.1) is 0 Å². The number of nitrogens with one attached hydrogen (secondary N) is 1. The molecule has 0 amide bonds. The number of para-hydroxylation sites is 1. The van der Waals surface area contributed by atoms with Crippen LogP contribution in [0, 0.1) is 13.8 Å². The molecule has 1 aromatic carbocycles. The molecule has 0 radical (unpaired) electrons. The first-order valence-electron chi connectivity index (χ1n) is 6.90. The molecule has 0 bridgehead atoms. The Balaban J connectivity index is 1.61. The van der Waals surface area contributed by atoms with Gasteiger partial charge in [0.2, 0.25) is 11.7 Å². The van der Waals surface area contributed by atoms with Crippen molar-refractivity contribution in [2.45, 2.75) is 20.3 Å². The van der Waals surface area contributed by atoms with Crippen molar-refractivity contribution in [2.24, 2.45) is 0 Å². The van der Waals surface area contributed by atoms with Gasteiger partial charge in [0.1, 0.15) is 0 Å². The molecule has 1 N–H and O–H groups in total. The molecule has 2 aromatic heterocycles. The molecule has 21 heavy (non-hydrogen) atoms. The lowest BCUT2D eigenvalue weighted by atomic mass is 10.2. The van der Waals surface area contributed by atoms with E-state index in [1.165, 1.54) is 5.56 Å². The lowest BCUT2D eigenvalue weighted by Gasteiger charge is -2.07. The van der Waals surface area contributed by atoms with Crippen molar-refractivity contribution in [3.8, 4) is 11.6 Å². The van der Waals surface area contributed by atoms with Crippen LogP contribution in [0.3, 0.4) is 0 Å². The van der Waals surface area contributed by atoms with Crippen LogP contribution in [0.4, 0.5) is 5.69 Å². The minimum atomic E-state index is 0.503. The van der Waals surface area contributed by atoms with Crippen LogP contribution in [0.2, 0.25) is 0 Å². The molecule has 0 aliphatic heterocycles. The molecule has 2 heterocycles. The van der Waals surface area contributed by atoms with Gasteiger partial charge in [-0.2, -0.15) is 4.98 Å². The maximum absolute atomic E-state index is 5.35. The third kappa shape index (κ3) is 2.97. The van der Waals surface area contributed by atoms with E-state index in [1.807, 2.05) is 25.1 Å². The number of anilines is 1. The van der Waals surface area contributed by atoms with Gasteiger partial charge in [-0.1, -0.05) is 23.4 Å². The molecule has 0 fully saturated rings. The maximum Gasteiger partial charge on any atom is 0.238 e. The molecule has 108 valence electrons. The van der Waals surface area contributed by atoms with E-state index in [-0.39, 0.29) is 0 Å². The van der Waals surface area contributed by atoms with E-state index in [2.05, 4.69) is 34.5 Å². The van der Waals surface area contributed by atoms with Gasteiger partial charge in [0, 0.05) is 18.7 Å². The molecular formula is C16H17N3O2. The molecule has 5 nitrogen and oxygen atoms in total. The fourth-order valence-corrected chi connectivity index (χ4v) is 2.13. The summed E-state index contributed by atoms with van der Waals surface area (Å²) in [6.45, 7) is 4.77. The molecule has 0 atom stereocenters. The highest BCUT2D eigenvalue weighted by Gasteiger charge is 2.13. The van der Waals surface area contributed by atoms with Crippen molar-refractivity contribution >= 4 is 5.69 Å². The van der Waals surface area contributed by atoms with Gasteiger partial charge in [0.05, 0.1) is 6.26 Å². The van der Waals surface area contributed by atoms with E-state index in [4.69, 9.17) is 8.94 Å². The number of nitrogens with zero attached hydrogens (tertiary/aromatic N) is 2. The van der Waals surface area contributed by atoms with Gasteiger partial charge < -0.3 is 14.3 Å². The second-order valence-corrected chi connectivity index (χ2v) is 4.94. The summed E-state index contributed by atoms with van der Waals surface area (Å²) >= 11 is 0. The predicted molar refractivity (Wildman–Crippen MR) is 80.1 cm³/mol. The first-order valence-corrected chi connectivity index (χ1v) is 6.90. The Morgan fingerprint density at radius 2 is 1.95 bits per heavy atom. The van der Waals surface area contributed by atoms with Gasteiger partial charge in [0.25, 0.3) is 0 Å². The molecule has 3 rings (SSSR count). The number of benzene rings is 1. The van der Waals surface area contributed by atoms with Crippen molar-refractivity contribution in [3.05, 3.63) is 53.6 Å². The van der Waals surface area contributed by atoms with Gasteiger partial charge >= 0.3 is 0 Å². The summed E-state index contributed by atoms with van der Waals surface area (Å²) in [6, 6.07) is 10.1. The van der Waals surface area contributed by atoms with Crippen molar-refractivity contribution < 1.29 is 8.94 Å². The standard InChI is InChI=1S/C16H17N3O2/c1-11-5-3-4-6-13(11)17-9-7-14-18-16(19-21-14)15-12(2)8-10-20-15/h3-6,8,10,17H,7,9H2,1-2H3. The highest BCUT2D eigenvalue weighted by atomic mass is 16.5. The molecular weight excluding hydrogens is 266 g/mol. The summed E-state index contributed by atoms with van der Waals surface area (Å²) in [4.78, 5) is 4.36. The van der Waals surface area contributed by atoms with Crippen LogP contribution in [0.15, 0.2) is 45.5 Å². The van der Waals surface area contributed by atoms with Crippen LogP contribution in [-0.4, -0.2) is 16.7 Å². The Labute approximate surface area is 123 Å². The second kappa shape index (κ2) is 5.83. The number of furan rings is 1. The van der Waals surface area contributed by atoms with Crippen LogP contribution in [0.1, 0.15) is 17.0 Å². The summed E-state index contributed by atoms with van der Waals surface area (Å²) in [7, 11) is 0. The molecule has 0 saturated heterocycles. The van der Waals surface area contributed by atoms with Gasteiger partial charge in [-0.25, -0.2) is 0 Å². The summed E-state index contributed by atoms with van der Waals surface area (Å²) in [5.41, 5.74) is 3.34. The first kappa shape index (κ1) is 13.4. The largest absolute Gasteiger partial charge is 0.461 e. The SMILES string of the molecule is Cc1ccccc1NCCc1nc(-c2occc2C)no1. The lowest BCUT2D eigenvalue weighted by molar-refractivity contribution is 0.380. The summed E-state index contributed by atoms with van der Waals surface area (Å²) in [6.07, 6.45) is 2.29. The minimum Gasteiger partial charge on any atom is -0.461 e. The summed E-state index contributed by atoms with van der Waals surface area (Å²) < 4.78 is 10.6. The summed E-state index contributed by atoms with van der Waals surface area (Å²) in [5, 5.41) is 7.32. The smallest absolute Gasteiger partial charge is 0.238 e. The molecule has 3 aromatic rings. The quantitative estimate of drug-likeness (QED) is 0.775. The van der Waals surface area contributed by atoms with Crippen molar-refractivity contribution in [1.29, 1.82) is 0 Å². The zero-order valence-corrected chi connectivity index (χ0v) is 12.1. The first-order chi connectivity index (χ1) is 10.2. The van der Waals surface area contributed by atoms with E-state index < -0.39 is 0 Å². The average Bonchev–Trinajstić information content (AvgIpc) is 3.10. The Morgan fingerprint density at radius 3 is 2.71 bits per heavy atom. The zero-order valence-electron chi connectivity index (χ0n) is 12.1. The molecule has 0 saturated carbocycles. The minimum absolute atomic E-state index is 0.503. The molecule has 0 aliphatic rings. The van der Waals surface area contributed by atoms with Crippen LogP contribution in [0.5, 0.6) is 0 Å². The Morgan fingerprint density at radius 1 is 1.10 bits per heavy atom. The van der Waals surface area contributed by atoms with Gasteiger partial charge in [0.15, 0.2) is 5.76 Å². The van der Waals surface area contributed by atoms with Crippen LogP contribution in [-0.2, 0) is 6.42 Å². The van der Waals surface area contributed by atoms with E-state index >= 15 is 0 Å². The molecule has 0 unspecified atom stereocenters. The fourth-order valence-electron chi connectivity index (χ4n) is 2.13. The Kier molecular flexibility index (Phi) is 3.73. The second-order valence-electron chi connectivity index (χ2n) is 4.94. The zero-order chi connectivity index (χ0) is 14.7. The average molecular weight is 283 g/mol. The van der Waals surface area contributed by atoms with Crippen molar-refractivity contribution in [1.82, 2.24) is 10.1 Å². The van der Waals surface area contributed by atoms with E-state index in [1.54, 1.807) is 6.26 Å². The number of aryl methyl sites for hydroxylation is 2. The van der Waals surface area contributed by atoms with Gasteiger partial charge in [-0.3, -0.25) is 0 Å². The fraction of sp³-hybridized carbons (Fsp3) is 0.250. The number of hydrogen-bond acceptors (Lipinski definition) is 5. The van der Waals surface area contributed by atoms with Crippen LogP contribution < -0.4 is 5.32 Å². The maximum atomic E-state index is 5.35. The third-order valence-electron chi connectivity index (χ3n) is 3.33. The Hall–Kier alpha value is -2.56. The number of rotatable bonds is 5. The van der Waals surface area contributed by atoms with Gasteiger partial charge in [-0.05, 0) is 37.1 Å². The third-order valence-corrected chi connectivity index (χ3v) is 3.33. The highest BCUT2D eigenvalue weighted by molar-refractivity contribution is 5.51. The Bertz CT molecular complexity index is 730. The normalized spacial score (nSPS) is 10.8. The van der Waals surface area contributed by atoms with E-state index in [0.717, 1.165) is 17.8 Å². The topological polar surface area (TPSA) is 64.1 Å². The lowest BCUT2D eigenvalue weighted by Crippen LogP contribution is -2.06. The number of aromatic nitrogens is 2. The van der Waals surface area contributed by atoms with Crippen molar-refractivity contribution in [3.63, 3.8) is 0 Å². The van der Waals surface area contributed by atoms with E-state index in [0.29, 0.717) is 23.9 Å². The van der Waals surface area contributed by atoms with Crippen molar-refractivity contribution in [2.75, 3.05) is 11.9 Å². The highest BCUT2D eigenvalue weighted by Crippen LogP contribution is 2.21. The number of hydrogen-bond donors (Lipinski definition) is 1. The molecule has 0 aliphatic carbocycles.